The van der Waals surface area contributed by atoms with Crippen LogP contribution in [0.2, 0.25) is 0 Å². The molecular formula is C22H26N6O2. The number of rotatable bonds is 5. The van der Waals surface area contributed by atoms with E-state index in [4.69, 9.17) is 4.74 Å². The van der Waals surface area contributed by atoms with E-state index in [0.29, 0.717) is 13.0 Å². The lowest BCUT2D eigenvalue weighted by atomic mass is 10.0. The third-order valence-electron chi connectivity index (χ3n) is 5.93. The van der Waals surface area contributed by atoms with Gasteiger partial charge < -0.3 is 10.1 Å². The molecule has 0 bridgehead atoms. The first kappa shape index (κ1) is 20.0. The van der Waals surface area contributed by atoms with Gasteiger partial charge in [-0.25, -0.2) is 0 Å². The third-order valence-corrected chi connectivity index (χ3v) is 5.93. The highest BCUT2D eigenvalue weighted by molar-refractivity contribution is 5.92. The second-order valence-corrected chi connectivity index (χ2v) is 8.51. The summed E-state index contributed by atoms with van der Waals surface area (Å²) in [5.74, 6) is 0.944. The summed E-state index contributed by atoms with van der Waals surface area (Å²) in [6.45, 7) is 8.29. The van der Waals surface area contributed by atoms with Crippen LogP contribution in [0.5, 0.6) is 5.75 Å². The van der Waals surface area contributed by atoms with Crippen LogP contribution in [-0.4, -0.2) is 38.1 Å². The van der Waals surface area contributed by atoms with Gasteiger partial charge in [-0.2, -0.15) is 15.5 Å². The minimum Gasteiger partial charge on any atom is -0.490 e. The van der Waals surface area contributed by atoms with Gasteiger partial charge in [-0.1, -0.05) is 0 Å². The lowest BCUT2D eigenvalue weighted by molar-refractivity contribution is -0.119. The number of aryl methyl sites for hydroxylation is 2. The van der Waals surface area contributed by atoms with Crippen LogP contribution < -0.4 is 10.1 Å². The second-order valence-electron chi connectivity index (χ2n) is 8.51. The molecule has 1 aliphatic rings. The molecule has 4 rings (SSSR count). The number of nitriles is 1. The first-order valence-corrected chi connectivity index (χ1v) is 10.1. The number of hydrogen-bond donors (Lipinski definition) is 1. The molecule has 0 radical (unpaired) electrons. The summed E-state index contributed by atoms with van der Waals surface area (Å²) in [6.07, 6.45) is 3.98. The van der Waals surface area contributed by atoms with Crippen molar-refractivity contribution in [2.75, 3.05) is 6.54 Å². The van der Waals surface area contributed by atoms with E-state index in [0.717, 1.165) is 33.5 Å². The molecule has 2 atom stereocenters. The van der Waals surface area contributed by atoms with Crippen LogP contribution in [0.1, 0.15) is 32.9 Å². The molecule has 0 spiro atoms. The average Bonchev–Trinajstić information content (AvgIpc) is 3.42. The van der Waals surface area contributed by atoms with Gasteiger partial charge in [0.2, 0.25) is 5.91 Å². The molecule has 1 fully saturated rings. The number of aromatic nitrogens is 4. The molecule has 1 unspecified atom stereocenters. The summed E-state index contributed by atoms with van der Waals surface area (Å²) in [5, 5.41) is 22.3. The molecule has 1 aliphatic heterocycles. The van der Waals surface area contributed by atoms with Gasteiger partial charge in [0.05, 0.1) is 23.2 Å². The monoisotopic (exact) mass is 406 g/mol. The van der Waals surface area contributed by atoms with Crippen molar-refractivity contribution in [2.24, 2.45) is 13.0 Å². The Bertz CT molecular complexity index is 1170. The van der Waals surface area contributed by atoms with Crippen molar-refractivity contribution in [2.45, 2.75) is 45.8 Å². The van der Waals surface area contributed by atoms with Crippen LogP contribution in [0.4, 0.5) is 0 Å². The smallest absolute Gasteiger partial charge is 0.220 e. The Morgan fingerprint density at radius 3 is 2.80 bits per heavy atom. The Morgan fingerprint density at radius 1 is 1.37 bits per heavy atom. The fraction of sp³-hybridized carbons (Fsp3) is 0.455. The number of ether oxygens (including phenoxy) is 1. The molecule has 1 saturated heterocycles. The molecule has 0 aliphatic carbocycles. The molecule has 30 heavy (non-hydrogen) atoms. The number of nitrogens with zero attached hydrogens (tertiary/aromatic N) is 5. The molecule has 1 N–H and O–H groups in total. The first-order valence-electron chi connectivity index (χ1n) is 10.1. The topological polar surface area (TPSA) is 97.8 Å². The zero-order chi connectivity index (χ0) is 21.6. The number of fused-ring (bicyclic) bond motifs is 1. The van der Waals surface area contributed by atoms with E-state index in [-0.39, 0.29) is 17.9 Å². The van der Waals surface area contributed by atoms with E-state index in [1.807, 2.05) is 57.8 Å². The quantitative estimate of drug-likeness (QED) is 0.703. The predicted molar refractivity (Wildman–Crippen MR) is 113 cm³/mol. The third kappa shape index (κ3) is 3.41. The average molecular weight is 406 g/mol. The van der Waals surface area contributed by atoms with Crippen molar-refractivity contribution in [3.8, 4) is 22.9 Å². The van der Waals surface area contributed by atoms with E-state index in [2.05, 4.69) is 21.6 Å². The first-order chi connectivity index (χ1) is 14.2. The molecule has 3 heterocycles. The summed E-state index contributed by atoms with van der Waals surface area (Å²) in [6, 6.07) is 6.28. The fourth-order valence-corrected chi connectivity index (χ4v) is 3.79. The number of benzene rings is 1. The van der Waals surface area contributed by atoms with Gasteiger partial charge in [0.15, 0.2) is 0 Å². The Kier molecular flexibility index (Phi) is 4.77. The Hall–Kier alpha value is -3.34. The fourth-order valence-electron chi connectivity index (χ4n) is 3.79. The largest absolute Gasteiger partial charge is 0.490 e. The molecule has 0 saturated carbocycles. The van der Waals surface area contributed by atoms with Gasteiger partial charge in [-0.3, -0.25) is 14.2 Å². The van der Waals surface area contributed by atoms with Crippen LogP contribution in [0.3, 0.4) is 0 Å². The minimum absolute atomic E-state index is 0.0689. The predicted octanol–water partition coefficient (Wildman–Crippen LogP) is 2.91. The maximum atomic E-state index is 11.6. The van der Waals surface area contributed by atoms with Crippen molar-refractivity contribution in [3.63, 3.8) is 0 Å². The van der Waals surface area contributed by atoms with Gasteiger partial charge in [0.1, 0.15) is 17.4 Å². The van der Waals surface area contributed by atoms with E-state index in [1.54, 1.807) is 10.9 Å². The van der Waals surface area contributed by atoms with E-state index < -0.39 is 5.54 Å². The van der Waals surface area contributed by atoms with Gasteiger partial charge in [0, 0.05) is 43.4 Å². The van der Waals surface area contributed by atoms with Crippen LogP contribution in [0.15, 0.2) is 24.5 Å². The molecule has 1 amide bonds. The van der Waals surface area contributed by atoms with E-state index in [9.17, 15) is 10.1 Å². The minimum atomic E-state index is -0.736. The molecular weight excluding hydrogens is 380 g/mol. The SMILES string of the molecule is Cc1c2c(OC(C)[C@H]3CNC(=O)C3)cc(-c3cnn(C(C)(C)C#N)c3)cc2nn1C. The van der Waals surface area contributed by atoms with Crippen molar-refractivity contribution in [3.05, 3.63) is 30.2 Å². The van der Waals surface area contributed by atoms with Crippen molar-refractivity contribution >= 4 is 16.8 Å². The Morgan fingerprint density at radius 2 is 2.13 bits per heavy atom. The highest BCUT2D eigenvalue weighted by Crippen LogP contribution is 2.36. The lowest BCUT2D eigenvalue weighted by Gasteiger charge is -2.21. The number of nitrogens with one attached hydrogen (secondary N) is 1. The molecule has 8 nitrogen and oxygen atoms in total. The van der Waals surface area contributed by atoms with Gasteiger partial charge in [-0.05, 0) is 45.4 Å². The Balaban J connectivity index is 1.76. The highest BCUT2D eigenvalue weighted by Gasteiger charge is 2.29. The molecule has 1 aromatic carbocycles. The normalized spacial score (nSPS) is 17.7. The van der Waals surface area contributed by atoms with Crippen LogP contribution >= 0.6 is 0 Å². The molecule has 3 aromatic rings. The van der Waals surface area contributed by atoms with Crippen LogP contribution in [0.25, 0.3) is 22.0 Å². The zero-order valence-electron chi connectivity index (χ0n) is 17.9. The van der Waals surface area contributed by atoms with Gasteiger partial charge in [0.25, 0.3) is 0 Å². The van der Waals surface area contributed by atoms with Gasteiger partial charge in [-0.15, -0.1) is 0 Å². The maximum absolute atomic E-state index is 11.6. The van der Waals surface area contributed by atoms with Crippen LogP contribution in [0, 0.1) is 24.2 Å². The second kappa shape index (κ2) is 7.17. The maximum Gasteiger partial charge on any atom is 0.220 e. The molecule has 156 valence electrons. The lowest BCUT2D eigenvalue weighted by Crippen LogP contribution is -2.25. The summed E-state index contributed by atoms with van der Waals surface area (Å²) < 4.78 is 9.89. The molecule has 8 heteroatoms. The van der Waals surface area contributed by atoms with Crippen molar-refractivity contribution in [1.82, 2.24) is 24.9 Å². The van der Waals surface area contributed by atoms with Crippen molar-refractivity contribution in [1.29, 1.82) is 5.26 Å². The van der Waals surface area contributed by atoms with Crippen LogP contribution in [-0.2, 0) is 17.4 Å². The zero-order valence-corrected chi connectivity index (χ0v) is 17.9. The van der Waals surface area contributed by atoms with E-state index >= 15 is 0 Å². The highest BCUT2D eigenvalue weighted by atomic mass is 16.5. The Labute approximate surface area is 175 Å². The summed E-state index contributed by atoms with van der Waals surface area (Å²) in [7, 11) is 1.91. The van der Waals surface area contributed by atoms with E-state index in [1.165, 1.54) is 0 Å². The number of hydrogen-bond acceptors (Lipinski definition) is 5. The standard InChI is InChI=1S/C22H26N6O2/c1-13-21-18(26-27(13)5)6-15(17-10-25-28(11-17)22(3,4)12-23)7-19(21)30-14(2)16-8-20(29)24-9-16/h6-7,10-11,14,16H,8-9H2,1-5H3,(H,24,29)/t14?,16-/m1/s1. The number of amides is 1. The van der Waals surface area contributed by atoms with Gasteiger partial charge >= 0.3 is 0 Å². The number of carbonyl (C=O) groups is 1. The summed E-state index contributed by atoms with van der Waals surface area (Å²) >= 11 is 0. The molecule has 2 aromatic heterocycles. The van der Waals surface area contributed by atoms with Crippen molar-refractivity contribution < 1.29 is 9.53 Å². The number of carbonyl (C=O) groups excluding carboxylic acids is 1. The summed E-state index contributed by atoms with van der Waals surface area (Å²) in [4.78, 5) is 11.6. The summed E-state index contributed by atoms with van der Waals surface area (Å²) in [5.41, 5.74) is 2.92.